The molecule has 4 rings (SSSR count). The Kier molecular flexibility index (Phi) is 6.91. The molecule has 178 valence electrons. The molecule has 0 saturated heterocycles. The van der Waals surface area contributed by atoms with Crippen LogP contribution in [0.3, 0.4) is 0 Å². The van der Waals surface area contributed by atoms with E-state index in [2.05, 4.69) is 15.4 Å². The maximum absolute atomic E-state index is 12.7. The summed E-state index contributed by atoms with van der Waals surface area (Å²) in [6.07, 6.45) is 3.84. The van der Waals surface area contributed by atoms with Gasteiger partial charge in [-0.3, -0.25) is 14.7 Å². The van der Waals surface area contributed by atoms with Crippen LogP contribution in [0.5, 0.6) is 5.75 Å². The van der Waals surface area contributed by atoms with E-state index in [9.17, 15) is 14.7 Å². The maximum Gasteiger partial charge on any atom is 0.407 e. The van der Waals surface area contributed by atoms with Crippen molar-refractivity contribution in [2.75, 3.05) is 18.2 Å². The third kappa shape index (κ3) is 5.74. The van der Waals surface area contributed by atoms with Gasteiger partial charge >= 0.3 is 6.09 Å². The Bertz CT molecular complexity index is 1300. The van der Waals surface area contributed by atoms with E-state index in [1.165, 1.54) is 4.90 Å². The van der Waals surface area contributed by atoms with Crippen molar-refractivity contribution in [3.05, 3.63) is 95.9 Å². The summed E-state index contributed by atoms with van der Waals surface area (Å²) >= 11 is 0. The number of carboxylic acid groups (broad SMARTS) is 1. The van der Waals surface area contributed by atoms with Gasteiger partial charge in [0.15, 0.2) is 5.82 Å². The van der Waals surface area contributed by atoms with E-state index in [0.717, 1.165) is 22.6 Å². The molecule has 2 aromatic carbocycles. The monoisotopic (exact) mass is 472 g/mol. The van der Waals surface area contributed by atoms with E-state index in [-0.39, 0.29) is 24.8 Å². The van der Waals surface area contributed by atoms with Crippen LogP contribution >= 0.6 is 0 Å². The van der Waals surface area contributed by atoms with Crippen LogP contribution < -0.4 is 15.8 Å². The molecule has 4 aromatic rings. The molecule has 0 saturated carbocycles. The second-order valence-electron chi connectivity index (χ2n) is 7.73. The highest BCUT2D eigenvalue weighted by molar-refractivity contribution is 6.05. The van der Waals surface area contributed by atoms with Gasteiger partial charge in [-0.25, -0.2) is 9.48 Å². The smallest absolute Gasteiger partial charge is 0.407 e. The number of rotatable bonds is 8. The Morgan fingerprint density at radius 1 is 1.06 bits per heavy atom. The minimum Gasteiger partial charge on any atom is -0.497 e. The van der Waals surface area contributed by atoms with Crippen LogP contribution in [0, 0.1) is 0 Å². The van der Waals surface area contributed by atoms with Crippen LogP contribution in [0.15, 0.2) is 79.3 Å². The van der Waals surface area contributed by atoms with Crippen molar-refractivity contribution < 1.29 is 19.4 Å². The molecule has 0 bridgehead atoms. The fourth-order valence-corrected chi connectivity index (χ4v) is 3.42. The second-order valence-corrected chi connectivity index (χ2v) is 7.73. The summed E-state index contributed by atoms with van der Waals surface area (Å²) in [7, 11) is 1.59. The predicted octanol–water partition coefficient (Wildman–Crippen LogP) is 3.79. The fourth-order valence-electron chi connectivity index (χ4n) is 3.42. The molecule has 0 aliphatic rings. The van der Waals surface area contributed by atoms with Gasteiger partial charge in [0.25, 0.3) is 5.91 Å². The van der Waals surface area contributed by atoms with Gasteiger partial charge in [-0.1, -0.05) is 18.2 Å². The summed E-state index contributed by atoms with van der Waals surface area (Å²) in [5, 5.41) is 16.6. The van der Waals surface area contributed by atoms with Crippen LogP contribution in [-0.4, -0.2) is 43.9 Å². The number of hydrogen-bond acceptors (Lipinski definition) is 6. The average molecular weight is 473 g/mol. The molecule has 10 heteroatoms. The average Bonchev–Trinajstić information content (AvgIpc) is 3.24. The van der Waals surface area contributed by atoms with Gasteiger partial charge in [-0.2, -0.15) is 0 Å². The Morgan fingerprint density at radius 3 is 2.40 bits per heavy atom. The van der Waals surface area contributed by atoms with Crippen LogP contribution in [0.4, 0.5) is 16.3 Å². The number of aromatic nitrogens is 3. The quantitative estimate of drug-likeness (QED) is 0.355. The van der Waals surface area contributed by atoms with Crippen molar-refractivity contribution in [3.63, 3.8) is 0 Å². The third-order valence-corrected chi connectivity index (χ3v) is 5.27. The number of nitrogens with zero attached hydrogens (tertiary/aromatic N) is 4. The number of nitrogens with two attached hydrogens (primary N) is 1. The lowest BCUT2D eigenvalue weighted by molar-refractivity contribution is 0.102. The van der Waals surface area contributed by atoms with Gasteiger partial charge in [0, 0.05) is 24.5 Å². The first-order chi connectivity index (χ1) is 16.9. The topological polar surface area (TPSA) is 136 Å². The number of pyridine rings is 1. The van der Waals surface area contributed by atoms with Crippen LogP contribution in [0.2, 0.25) is 0 Å². The molecule has 0 atom stereocenters. The molecule has 0 aliphatic heterocycles. The van der Waals surface area contributed by atoms with Crippen molar-refractivity contribution in [2.45, 2.75) is 13.1 Å². The van der Waals surface area contributed by atoms with Gasteiger partial charge in [-0.15, -0.1) is 5.10 Å². The Balaban J connectivity index is 1.41. The minimum absolute atomic E-state index is 0.172. The largest absolute Gasteiger partial charge is 0.497 e. The van der Waals surface area contributed by atoms with Crippen LogP contribution in [-0.2, 0) is 13.1 Å². The molecule has 4 N–H and O–H groups in total. The van der Waals surface area contributed by atoms with E-state index >= 15 is 0 Å². The first-order valence-corrected chi connectivity index (χ1v) is 10.7. The summed E-state index contributed by atoms with van der Waals surface area (Å²) in [6, 6.07) is 17.5. The van der Waals surface area contributed by atoms with Crippen molar-refractivity contribution in [1.82, 2.24) is 19.7 Å². The van der Waals surface area contributed by atoms with Gasteiger partial charge in [0.05, 0.1) is 31.2 Å². The molecule has 2 aromatic heterocycles. The summed E-state index contributed by atoms with van der Waals surface area (Å²) < 4.78 is 6.72. The molecule has 0 spiro atoms. The van der Waals surface area contributed by atoms with Crippen molar-refractivity contribution in [1.29, 1.82) is 0 Å². The lowest BCUT2D eigenvalue weighted by Crippen LogP contribution is -2.28. The summed E-state index contributed by atoms with van der Waals surface area (Å²) in [6.45, 7) is 0.382. The summed E-state index contributed by atoms with van der Waals surface area (Å²) in [5.74, 6) is 0.575. The molecule has 35 heavy (non-hydrogen) atoms. The number of amides is 2. The van der Waals surface area contributed by atoms with Crippen molar-refractivity contribution in [2.24, 2.45) is 0 Å². The zero-order chi connectivity index (χ0) is 24.8. The van der Waals surface area contributed by atoms with Crippen molar-refractivity contribution in [3.8, 4) is 11.4 Å². The summed E-state index contributed by atoms with van der Waals surface area (Å²) in [4.78, 5) is 29.7. The zero-order valence-electron chi connectivity index (χ0n) is 19.0. The molecular formula is C25H24N6O4. The first kappa shape index (κ1) is 23.3. The van der Waals surface area contributed by atoms with Gasteiger partial charge < -0.3 is 20.9 Å². The van der Waals surface area contributed by atoms with Gasteiger partial charge in [0.1, 0.15) is 5.75 Å². The lowest BCUT2D eigenvalue weighted by atomic mass is 10.1. The van der Waals surface area contributed by atoms with Crippen LogP contribution in [0.25, 0.3) is 5.69 Å². The second kappa shape index (κ2) is 10.4. The molecule has 10 nitrogen and oxygen atoms in total. The zero-order valence-corrected chi connectivity index (χ0v) is 19.0. The number of nitrogen functional groups attached to an aromatic ring is 1. The van der Waals surface area contributed by atoms with Crippen LogP contribution in [0.1, 0.15) is 21.5 Å². The van der Waals surface area contributed by atoms with Gasteiger partial charge in [0.2, 0.25) is 0 Å². The standard InChI is InChI=1S/C25H24N6O4/c1-35-21-10-8-20(9-11-21)31-16-22(26)23(29-31)28-24(32)19-6-4-17(5-7-19)14-30(25(33)34)15-18-3-2-12-27-13-18/h2-13,16H,14-15,26H2,1H3,(H,33,34)(H,28,29,32). The molecule has 0 radical (unpaired) electrons. The normalized spacial score (nSPS) is 10.5. The molecular weight excluding hydrogens is 448 g/mol. The molecule has 0 fully saturated rings. The number of nitrogens with one attached hydrogen (secondary N) is 1. The third-order valence-electron chi connectivity index (χ3n) is 5.27. The molecule has 2 heterocycles. The Morgan fingerprint density at radius 2 is 1.77 bits per heavy atom. The number of carbonyl (C=O) groups is 2. The number of anilines is 2. The Labute approximate surface area is 201 Å². The number of benzene rings is 2. The van der Waals surface area contributed by atoms with E-state index in [1.807, 2.05) is 18.2 Å². The SMILES string of the molecule is COc1ccc(-n2cc(N)c(NC(=O)c3ccc(CN(Cc4cccnc4)C(=O)O)cc3)n2)cc1. The van der Waals surface area contributed by atoms with Gasteiger partial charge in [-0.05, 0) is 53.6 Å². The fraction of sp³-hybridized carbons (Fsp3) is 0.120. The lowest BCUT2D eigenvalue weighted by Gasteiger charge is -2.19. The number of ether oxygens (including phenoxy) is 1. The first-order valence-electron chi connectivity index (χ1n) is 10.7. The predicted molar refractivity (Wildman–Crippen MR) is 130 cm³/mol. The highest BCUT2D eigenvalue weighted by atomic mass is 16.5. The van der Waals surface area contributed by atoms with E-state index < -0.39 is 6.09 Å². The highest BCUT2D eigenvalue weighted by Crippen LogP contribution is 2.21. The molecule has 0 unspecified atom stereocenters. The number of hydrogen-bond donors (Lipinski definition) is 3. The molecule has 0 aliphatic carbocycles. The minimum atomic E-state index is -1.04. The summed E-state index contributed by atoms with van der Waals surface area (Å²) in [5.41, 5.74) is 9.05. The number of carbonyl (C=O) groups excluding carboxylic acids is 1. The van der Waals surface area contributed by atoms with Crippen molar-refractivity contribution >= 4 is 23.5 Å². The Hall–Kier alpha value is -4.86. The van der Waals surface area contributed by atoms with E-state index in [0.29, 0.717) is 11.3 Å². The maximum atomic E-state index is 12.7. The highest BCUT2D eigenvalue weighted by Gasteiger charge is 2.15. The van der Waals surface area contributed by atoms with E-state index in [4.69, 9.17) is 10.5 Å². The molecule has 2 amide bonds. The number of methoxy groups -OCH3 is 1. The van der Waals surface area contributed by atoms with E-state index in [1.54, 1.807) is 72.8 Å².